The molecule has 3 heterocycles. The molecule has 1 amide bonds. The van der Waals surface area contributed by atoms with E-state index in [1.807, 2.05) is 24.3 Å². The summed E-state index contributed by atoms with van der Waals surface area (Å²) in [6.45, 7) is 2.61. The number of unbranched alkanes of at least 4 members (excludes halogenated alkanes) is 3. The van der Waals surface area contributed by atoms with Gasteiger partial charge in [0.1, 0.15) is 11.3 Å². The van der Waals surface area contributed by atoms with Crippen molar-refractivity contribution in [2.24, 2.45) is 0 Å². The second kappa shape index (κ2) is 11.5. The number of hydrogen-bond acceptors (Lipinski definition) is 8. The average Bonchev–Trinajstić information content (AvgIpc) is 3.33. The number of fused-ring (bicyclic) bond motifs is 1. The zero-order valence-corrected chi connectivity index (χ0v) is 18.7. The maximum atomic E-state index is 11.0. The molecule has 1 fully saturated rings. The van der Waals surface area contributed by atoms with Gasteiger partial charge in [-0.3, -0.25) is 10.0 Å². The Kier molecular flexibility index (Phi) is 7.91. The Labute approximate surface area is 192 Å². The summed E-state index contributed by atoms with van der Waals surface area (Å²) in [5, 5.41) is 11.8. The van der Waals surface area contributed by atoms with E-state index in [2.05, 4.69) is 25.2 Å². The van der Waals surface area contributed by atoms with Gasteiger partial charge >= 0.3 is 0 Å². The number of hydrogen-bond donors (Lipinski definition) is 4. The van der Waals surface area contributed by atoms with E-state index in [0.717, 1.165) is 61.5 Å². The Morgan fingerprint density at radius 1 is 1.06 bits per heavy atom. The average molecular weight is 454 g/mol. The number of benzene rings is 1. The molecule has 10 heteroatoms. The van der Waals surface area contributed by atoms with E-state index in [9.17, 15) is 4.79 Å². The summed E-state index contributed by atoms with van der Waals surface area (Å²) < 4.78 is 5.81. The lowest BCUT2D eigenvalue weighted by Crippen LogP contribution is -2.30. The van der Waals surface area contributed by atoms with Gasteiger partial charge in [0.15, 0.2) is 11.5 Å². The van der Waals surface area contributed by atoms with Crippen LogP contribution in [-0.4, -0.2) is 50.7 Å². The quantitative estimate of drug-likeness (QED) is 0.195. The molecule has 0 spiro atoms. The standard InChI is InChI=1S/C23H31N7O3/c31-19(29-32)8-4-1-2-7-15-33-18-11-9-17(10-12-18)26-23-27-21-20(24-16-25-21)22(28-23)30-13-5-3-6-14-30/h9-12,16,32H,1-8,13-15H2,(H,29,31)(H2,24,25,26,27,28). The summed E-state index contributed by atoms with van der Waals surface area (Å²) in [6.07, 6.45) is 9.20. The molecule has 1 aliphatic heterocycles. The minimum atomic E-state index is -0.336. The number of carbonyl (C=O) groups is 1. The van der Waals surface area contributed by atoms with Gasteiger partial charge in [-0.25, -0.2) is 10.5 Å². The lowest BCUT2D eigenvalue weighted by Gasteiger charge is -2.28. The number of nitrogens with zero attached hydrogens (tertiary/aromatic N) is 4. The van der Waals surface area contributed by atoms with E-state index >= 15 is 0 Å². The van der Waals surface area contributed by atoms with Crippen molar-refractivity contribution in [1.82, 2.24) is 25.4 Å². The Morgan fingerprint density at radius 2 is 1.85 bits per heavy atom. The van der Waals surface area contributed by atoms with Crippen LogP contribution in [-0.2, 0) is 4.79 Å². The minimum Gasteiger partial charge on any atom is -0.494 e. The number of aromatic nitrogens is 4. The number of piperidine rings is 1. The molecule has 0 radical (unpaired) electrons. The number of rotatable bonds is 11. The molecule has 4 N–H and O–H groups in total. The Bertz CT molecular complexity index is 1030. The van der Waals surface area contributed by atoms with E-state index in [1.54, 1.807) is 11.8 Å². The smallest absolute Gasteiger partial charge is 0.243 e. The third-order valence-electron chi connectivity index (χ3n) is 5.72. The van der Waals surface area contributed by atoms with Gasteiger partial charge in [0.05, 0.1) is 12.9 Å². The van der Waals surface area contributed by atoms with E-state index in [4.69, 9.17) is 14.9 Å². The number of amides is 1. The van der Waals surface area contributed by atoms with Gasteiger partial charge in [0, 0.05) is 25.2 Å². The molecule has 0 atom stereocenters. The molecule has 2 aromatic heterocycles. The normalized spacial score (nSPS) is 13.8. The van der Waals surface area contributed by atoms with E-state index in [-0.39, 0.29) is 5.91 Å². The number of carbonyl (C=O) groups excluding carboxylic acids is 1. The predicted molar refractivity (Wildman–Crippen MR) is 126 cm³/mol. The van der Waals surface area contributed by atoms with Crippen LogP contribution >= 0.6 is 0 Å². The number of nitrogens with one attached hydrogen (secondary N) is 3. The highest BCUT2D eigenvalue weighted by molar-refractivity contribution is 5.84. The molecule has 176 valence electrons. The fraction of sp³-hybridized carbons (Fsp3) is 0.478. The zero-order chi connectivity index (χ0) is 22.9. The van der Waals surface area contributed by atoms with Crippen LogP contribution in [0, 0.1) is 0 Å². The maximum absolute atomic E-state index is 11.0. The van der Waals surface area contributed by atoms with Crippen LogP contribution < -0.4 is 20.4 Å². The molecule has 33 heavy (non-hydrogen) atoms. The Morgan fingerprint density at radius 3 is 2.64 bits per heavy atom. The first kappa shape index (κ1) is 22.8. The van der Waals surface area contributed by atoms with E-state index < -0.39 is 0 Å². The van der Waals surface area contributed by atoms with Gasteiger partial charge in [-0.15, -0.1) is 0 Å². The molecule has 1 aromatic carbocycles. The fourth-order valence-electron chi connectivity index (χ4n) is 3.96. The Balaban J connectivity index is 1.29. The van der Waals surface area contributed by atoms with Crippen molar-refractivity contribution < 1.29 is 14.7 Å². The van der Waals surface area contributed by atoms with Crippen molar-refractivity contribution in [3.05, 3.63) is 30.6 Å². The molecule has 4 rings (SSSR count). The van der Waals surface area contributed by atoms with Gasteiger partial charge in [-0.05, 0) is 56.4 Å². The van der Waals surface area contributed by atoms with Gasteiger partial charge in [0.25, 0.3) is 0 Å². The van der Waals surface area contributed by atoms with Crippen molar-refractivity contribution in [3.63, 3.8) is 0 Å². The lowest BCUT2D eigenvalue weighted by molar-refractivity contribution is -0.129. The third-order valence-corrected chi connectivity index (χ3v) is 5.72. The first-order valence-electron chi connectivity index (χ1n) is 11.6. The van der Waals surface area contributed by atoms with Crippen LogP contribution in [0.1, 0.15) is 51.4 Å². The number of H-pyrrole nitrogens is 1. The summed E-state index contributed by atoms with van der Waals surface area (Å²) in [6, 6.07) is 7.74. The molecule has 1 saturated heterocycles. The van der Waals surface area contributed by atoms with Crippen LogP contribution in [0.3, 0.4) is 0 Å². The van der Waals surface area contributed by atoms with Gasteiger partial charge in [0.2, 0.25) is 11.9 Å². The second-order valence-corrected chi connectivity index (χ2v) is 8.22. The lowest BCUT2D eigenvalue weighted by atomic mass is 10.1. The first-order valence-corrected chi connectivity index (χ1v) is 11.6. The van der Waals surface area contributed by atoms with Crippen molar-refractivity contribution in [3.8, 4) is 5.75 Å². The van der Waals surface area contributed by atoms with Gasteiger partial charge in [-0.1, -0.05) is 12.8 Å². The number of imidazole rings is 1. The second-order valence-electron chi connectivity index (χ2n) is 8.22. The molecule has 0 aliphatic carbocycles. The van der Waals surface area contributed by atoms with Crippen LogP contribution in [0.5, 0.6) is 5.75 Å². The van der Waals surface area contributed by atoms with E-state index in [1.165, 1.54) is 19.3 Å². The molecular weight excluding hydrogens is 422 g/mol. The predicted octanol–water partition coefficient (Wildman–Crippen LogP) is 3.92. The zero-order valence-electron chi connectivity index (χ0n) is 18.7. The third kappa shape index (κ3) is 6.32. The molecule has 0 bridgehead atoms. The van der Waals surface area contributed by atoms with Crippen molar-refractivity contribution >= 4 is 34.5 Å². The summed E-state index contributed by atoms with van der Waals surface area (Å²) in [5.74, 6) is 1.89. The van der Waals surface area contributed by atoms with Crippen molar-refractivity contribution in [2.75, 3.05) is 29.9 Å². The number of ether oxygens (including phenoxy) is 1. The van der Waals surface area contributed by atoms with Crippen LogP contribution in [0.4, 0.5) is 17.5 Å². The summed E-state index contributed by atoms with van der Waals surface area (Å²) >= 11 is 0. The van der Waals surface area contributed by atoms with Crippen LogP contribution in [0.25, 0.3) is 11.2 Å². The van der Waals surface area contributed by atoms with Crippen LogP contribution in [0.2, 0.25) is 0 Å². The maximum Gasteiger partial charge on any atom is 0.243 e. The molecule has 10 nitrogen and oxygen atoms in total. The molecule has 0 saturated carbocycles. The fourth-order valence-corrected chi connectivity index (χ4v) is 3.96. The highest BCUT2D eigenvalue weighted by atomic mass is 16.5. The highest BCUT2D eigenvalue weighted by Gasteiger charge is 2.18. The van der Waals surface area contributed by atoms with Gasteiger partial charge < -0.3 is 19.9 Å². The molecular formula is C23H31N7O3. The number of aromatic amines is 1. The SMILES string of the molecule is O=C(CCCCCCOc1ccc(Nc2nc(N3CCCCC3)c3[nH]cnc3n2)cc1)NO. The first-order chi connectivity index (χ1) is 16.2. The number of hydroxylamine groups is 1. The van der Waals surface area contributed by atoms with E-state index in [0.29, 0.717) is 24.6 Å². The molecule has 0 unspecified atom stereocenters. The molecule has 3 aromatic rings. The largest absolute Gasteiger partial charge is 0.494 e. The van der Waals surface area contributed by atoms with Crippen molar-refractivity contribution in [1.29, 1.82) is 0 Å². The monoisotopic (exact) mass is 453 g/mol. The minimum absolute atomic E-state index is 0.336. The Hall–Kier alpha value is -3.40. The summed E-state index contributed by atoms with van der Waals surface area (Å²) in [4.78, 5) is 30.1. The highest BCUT2D eigenvalue weighted by Crippen LogP contribution is 2.27. The summed E-state index contributed by atoms with van der Waals surface area (Å²) in [7, 11) is 0. The summed E-state index contributed by atoms with van der Waals surface area (Å²) in [5.41, 5.74) is 4.06. The topological polar surface area (TPSA) is 128 Å². The molecule has 1 aliphatic rings. The van der Waals surface area contributed by atoms with Crippen LogP contribution in [0.15, 0.2) is 30.6 Å². The van der Waals surface area contributed by atoms with Gasteiger partial charge in [-0.2, -0.15) is 9.97 Å². The number of anilines is 3. The van der Waals surface area contributed by atoms with Crippen molar-refractivity contribution in [2.45, 2.75) is 51.4 Å².